The average Bonchev–Trinajstić information content (AvgIpc) is 3.08. The average molecular weight is 402 g/mol. The number of fused-ring (bicyclic) bond motifs is 1. The lowest BCUT2D eigenvalue weighted by molar-refractivity contribution is 0.153. The molecule has 0 saturated heterocycles. The van der Waals surface area contributed by atoms with E-state index in [9.17, 15) is 14.7 Å². The number of imidazole rings is 1. The predicted octanol–water partition coefficient (Wildman–Crippen LogP) is -1.01. The molecule has 3 aromatic rings. The van der Waals surface area contributed by atoms with Gasteiger partial charge in [-0.05, 0) is 5.56 Å². The number of nitrogens with zero attached hydrogens (tertiary/aromatic N) is 4. The van der Waals surface area contributed by atoms with E-state index in [1.54, 1.807) is 4.57 Å². The molecule has 0 aliphatic heterocycles. The molecule has 1 aromatic carbocycles. The van der Waals surface area contributed by atoms with Crippen LogP contribution in [0.1, 0.15) is 5.56 Å². The molecule has 156 valence electrons. The maximum Gasteiger partial charge on any atom is 0.332 e. The summed E-state index contributed by atoms with van der Waals surface area (Å²) < 4.78 is 3.86. The SMILES string of the molecule is Cn1c(=O)c2c(nc(NCCO)n2CC(O)CNCc2ccccc2)n(C)c1=O. The molecule has 0 aliphatic carbocycles. The molecule has 0 amide bonds. The molecule has 0 fully saturated rings. The van der Waals surface area contributed by atoms with Crippen molar-refractivity contribution >= 4 is 17.1 Å². The number of aliphatic hydroxyl groups is 2. The monoisotopic (exact) mass is 402 g/mol. The number of benzene rings is 1. The maximum atomic E-state index is 12.7. The third-order valence-electron chi connectivity index (χ3n) is 4.69. The molecule has 2 heterocycles. The molecule has 2 aromatic heterocycles. The van der Waals surface area contributed by atoms with Gasteiger partial charge in [-0.25, -0.2) is 4.79 Å². The van der Waals surface area contributed by atoms with Crippen LogP contribution in [0.25, 0.3) is 11.2 Å². The fourth-order valence-corrected chi connectivity index (χ4v) is 3.18. The van der Waals surface area contributed by atoms with Gasteiger partial charge >= 0.3 is 5.69 Å². The Morgan fingerprint density at radius 1 is 1.14 bits per heavy atom. The van der Waals surface area contributed by atoms with Gasteiger partial charge in [0.2, 0.25) is 5.95 Å². The van der Waals surface area contributed by atoms with Crippen LogP contribution in [0, 0.1) is 0 Å². The highest BCUT2D eigenvalue weighted by Gasteiger charge is 2.20. The van der Waals surface area contributed by atoms with E-state index < -0.39 is 17.4 Å². The van der Waals surface area contributed by atoms with Gasteiger partial charge in [0, 0.05) is 33.7 Å². The summed E-state index contributed by atoms with van der Waals surface area (Å²) in [5.41, 5.74) is 0.574. The molecular weight excluding hydrogens is 376 g/mol. The Labute approximate surface area is 167 Å². The zero-order chi connectivity index (χ0) is 21.0. The number of anilines is 1. The fourth-order valence-electron chi connectivity index (χ4n) is 3.18. The van der Waals surface area contributed by atoms with Gasteiger partial charge < -0.3 is 25.4 Å². The number of aliphatic hydroxyl groups excluding tert-OH is 2. The molecule has 3 rings (SSSR count). The molecule has 0 aliphatic rings. The normalized spacial score (nSPS) is 12.4. The minimum Gasteiger partial charge on any atom is -0.395 e. The first kappa shape index (κ1) is 20.8. The largest absolute Gasteiger partial charge is 0.395 e. The molecule has 0 radical (unpaired) electrons. The van der Waals surface area contributed by atoms with Crippen LogP contribution in [0.15, 0.2) is 39.9 Å². The molecular formula is C19H26N6O4. The van der Waals surface area contributed by atoms with Crippen molar-refractivity contribution in [1.82, 2.24) is 24.0 Å². The van der Waals surface area contributed by atoms with Crippen LogP contribution >= 0.6 is 0 Å². The van der Waals surface area contributed by atoms with Crippen molar-refractivity contribution in [2.45, 2.75) is 19.2 Å². The van der Waals surface area contributed by atoms with Crippen molar-refractivity contribution in [2.24, 2.45) is 14.1 Å². The summed E-state index contributed by atoms with van der Waals surface area (Å²) in [7, 11) is 2.94. The second-order valence-corrected chi connectivity index (χ2v) is 6.84. The van der Waals surface area contributed by atoms with E-state index in [0.717, 1.165) is 10.1 Å². The maximum absolute atomic E-state index is 12.7. The van der Waals surface area contributed by atoms with Gasteiger partial charge in [-0.15, -0.1) is 0 Å². The topological polar surface area (TPSA) is 126 Å². The molecule has 4 N–H and O–H groups in total. The summed E-state index contributed by atoms with van der Waals surface area (Å²) in [5.74, 6) is 0.314. The number of aryl methyl sites for hydroxylation is 1. The Hall–Kier alpha value is -2.95. The number of hydrogen-bond acceptors (Lipinski definition) is 7. The third-order valence-corrected chi connectivity index (χ3v) is 4.69. The quantitative estimate of drug-likeness (QED) is 0.361. The molecule has 10 nitrogen and oxygen atoms in total. The van der Waals surface area contributed by atoms with E-state index in [4.69, 9.17) is 5.11 Å². The Bertz CT molecular complexity index is 1090. The molecule has 29 heavy (non-hydrogen) atoms. The molecule has 10 heteroatoms. The zero-order valence-electron chi connectivity index (χ0n) is 16.5. The first-order valence-corrected chi connectivity index (χ1v) is 9.37. The van der Waals surface area contributed by atoms with Crippen LogP contribution in [0.3, 0.4) is 0 Å². The lowest BCUT2D eigenvalue weighted by Gasteiger charge is -2.16. The number of hydrogen-bond donors (Lipinski definition) is 4. The van der Waals surface area contributed by atoms with Gasteiger partial charge in [0.1, 0.15) is 0 Å². The first-order valence-electron chi connectivity index (χ1n) is 9.37. The van der Waals surface area contributed by atoms with Crippen LogP contribution in [-0.2, 0) is 27.2 Å². The van der Waals surface area contributed by atoms with Gasteiger partial charge in [0.25, 0.3) is 5.56 Å². The molecule has 0 bridgehead atoms. The molecule has 1 atom stereocenters. The summed E-state index contributed by atoms with van der Waals surface area (Å²) in [6, 6.07) is 9.82. The Morgan fingerprint density at radius 3 is 2.55 bits per heavy atom. The highest BCUT2D eigenvalue weighted by molar-refractivity contribution is 5.74. The Balaban J connectivity index is 1.86. The lowest BCUT2D eigenvalue weighted by Crippen LogP contribution is -2.38. The molecule has 0 saturated carbocycles. The van der Waals surface area contributed by atoms with Crippen molar-refractivity contribution in [3.8, 4) is 0 Å². The first-order chi connectivity index (χ1) is 13.9. The van der Waals surface area contributed by atoms with Gasteiger partial charge in [-0.3, -0.25) is 13.9 Å². The second-order valence-electron chi connectivity index (χ2n) is 6.84. The van der Waals surface area contributed by atoms with Crippen LogP contribution in [0.4, 0.5) is 5.95 Å². The van der Waals surface area contributed by atoms with E-state index in [0.29, 0.717) is 19.0 Å². The Kier molecular flexibility index (Phi) is 6.47. The van der Waals surface area contributed by atoms with Gasteiger partial charge in [-0.2, -0.15) is 4.98 Å². The number of rotatable bonds is 9. The molecule has 0 spiro atoms. The number of aromatic nitrogens is 4. The van der Waals surface area contributed by atoms with E-state index in [1.807, 2.05) is 30.3 Å². The summed E-state index contributed by atoms with van der Waals surface area (Å²) in [5, 5.41) is 25.8. The van der Waals surface area contributed by atoms with Crippen LogP contribution in [0.2, 0.25) is 0 Å². The highest BCUT2D eigenvalue weighted by Crippen LogP contribution is 2.16. The van der Waals surface area contributed by atoms with Gasteiger partial charge in [0.15, 0.2) is 11.2 Å². The van der Waals surface area contributed by atoms with Gasteiger partial charge in [0.05, 0.1) is 19.3 Å². The zero-order valence-corrected chi connectivity index (χ0v) is 16.5. The minimum absolute atomic E-state index is 0.0967. The highest BCUT2D eigenvalue weighted by atomic mass is 16.3. The van der Waals surface area contributed by atoms with Crippen LogP contribution in [0.5, 0.6) is 0 Å². The van der Waals surface area contributed by atoms with E-state index in [2.05, 4.69) is 15.6 Å². The number of nitrogens with one attached hydrogen (secondary N) is 2. The van der Waals surface area contributed by atoms with Crippen LogP contribution < -0.4 is 21.9 Å². The van der Waals surface area contributed by atoms with Crippen molar-refractivity contribution in [3.63, 3.8) is 0 Å². The van der Waals surface area contributed by atoms with Gasteiger partial charge in [-0.1, -0.05) is 30.3 Å². The second kappa shape index (κ2) is 9.03. The van der Waals surface area contributed by atoms with Crippen LogP contribution in [-0.4, -0.2) is 54.7 Å². The standard InChI is InChI=1S/C19H26N6O4/c1-23-16-15(17(28)24(2)19(23)29)25(18(22-16)21-8-9-26)12-14(27)11-20-10-13-6-4-3-5-7-13/h3-7,14,20,26-27H,8-12H2,1-2H3,(H,21,22). The minimum atomic E-state index is -0.798. The van der Waals surface area contributed by atoms with Crippen molar-refractivity contribution in [1.29, 1.82) is 0 Å². The Morgan fingerprint density at radius 2 is 1.86 bits per heavy atom. The lowest BCUT2D eigenvalue weighted by atomic mass is 10.2. The van der Waals surface area contributed by atoms with E-state index in [-0.39, 0.29) is 30.9 Å². The van der Waals surface area contributed by atoms with Crippen molar-refractivity contribution in [2.75, 3.05) is 25.0 Å². The summed E-state index contributed by atoms with van der Waals surface area (Å²) >= 11 is 0. The fraction of sp³-hybridized carbons (Fsp3) is 0.421. The van der Waals surface area contributed by atoms with E-state index >= 15 is 0 Å². The smallest absolute Gasteiger partial charge is 0.332 e. The van der Waals surface area contributed by atoms with E-state index in [1.165, 1.54) is 18.7 Å². The van der Waals surface area contributed by atoms with Crippen molar-refractivity contribution in [3.05, 3.63) is 56.7 Å². The predicted molar refractivity (Wildman–Crippen MR) is 110 cm³/mol. The summed E-state index contributed by atoms with van der Waals surface area (Å²) in [6.45, 7) is 1.11. The third kappa shape index (κ3) is 4.39. The summed E-state index contributed by atoms with van der Waals surface area (Å²) in [4.78, 5) is 29.2. The summed E-state index contributed by atoms with van der Waals surface area (Å²) in [6.07, 6.45) is -0.798. The molecule has 1 unspecified atom stereocenters. The van der Waals surface area contributed by atoms with Crippen molar-refractivity contribution < 1.29 is 10.2 Å².